The van der Waals surface area contributed by atoms with Crippen molar-refractivity contribution in [3.05, 3.63) is 6.42 Å². The van der Waals surface area contributed by atoms with Crippen molar-refractivity contribution >= 4 is 11.2 Å². The van der Waals surface area contributed by atoms with Gasteiger partial charge in [-0.25, -0.2) is 0 Å². The maximum Gasteiger partial charge on any atom is 0.118 e. The SMILES string of the molecule is [O-][S+]1C[CH]CNCC1. The third-order valence-electron chi connectivity index (χ3n) is 1.10. The van der Waals surface area contributed by atoms with Gasteiger partial charge in [0.2, 0.25) is 0 Å². The molecule has 1 heterocycles. The van der Waals surface area contributed by atoms with E-state index in [1.807, 2.05) is 6.42 Å². The quantitative estimate of drug-likeness (QED) is 0.453. The highest BCUT2D eigenvalue weighted by Crippen LogP contribution is 1.94. The van der Waals surface area contributed by atoms with Crippen LogP contribution in [0.4, 0.5) is 0 Å². The molecule has 1 radical (unpaired) electrons. The fraction of sp³-hybridized carbons (Fsp3) is 0.800. The highest BCUT2D eigenvalue weighted by atomic mass is 32.2. The molecule has 1 N–H and O–H groups in total. The van der Waals surface area contributed by atoms with Crippen LogP contribution in [0.25, 0.3) is 0 Å². The van der Waals surface area contributed by atoms with Crippen LogP contribution in [0.1, 0.15) is 0 Å². The Labute approximate surface area is 52.8 Å². The van der Waals surface area contributed by atoms with Crippen LogP contribution in [-0.4, -0.2) is 29.1 Å². The second-order valence-corrected chi connectivity index (χ2v) is 3.42. The largest absolute Gasteiger partial charge is 0.616 e. The van der Waals surface area contributed by atoms with Crippen LogP contribution in [0.15, 0.2) is 0 Å². The maximum absolute atomic E-state index is 10.7. The zero-order valence-corrected chi connectivity index (χ0v) is 5.54. The molecule has 0 aromatic carbocycles. The highest BCUT2D eigenvalue weighted by molar-refractivity contribution is 7.91. The Hall–Kier alpha value is 0.270. The lowest BCUT2D eigenvalue weighted by Gasteiger charge is -2.03. The normalized spacial score (nSPS) is 31.9. The van der Waals surface area contributed by atoms with Gasteiger partial charge in [-0.2, -0.15) is 0 Å². The molecule has 0 aliphatic carbocycles. The molecule has 8 heavy (non-hydrogen) atoms. The molecule has 47 valence electrons. The van der Waals surface area contributed by atoms with E-state index in [-0.39, 0.29) is 0 Å². The van der Waals surface area contributed by atoms with Gasteiger partial charge in [-0.1, -0.05) is 11.2 Å². The van der Waals surface area contributed by atoms with Crippen molar-refractivity contribution in [2.45, 2.75) is 0 Å². The molecule has 0 amide bonds. The van der Waals surface area contributed by atoms with Crippen LogP contribution < -0.4 is 5.32 Å². The van der Waals surface area contributed by atoms with E-state index in [9.17, 15) is 4.55 Å². The second kappa shape index (κ2) is 3.33. The summed E-state index contributed by atoms with van der Waals surface area (Å²) in [6, 6.07) is 0. The molecule has 0 bridgehead atoms. The molecule has 0 aromatic heterocycles. The number of nitrogens with one attached hydrogen (secondary N) is 1. The Kier molecular flexibility index (Phi) is 2.66. The van der Waals surface area contributed by atoms with Gasteiger partial charge in [-0.15, -0.1) is 0 Å². The van der Waals surface area contributed by atoms with Crippen molar-refractivity contribution in [2.75, 3.05) is 24.6 Å². The lowest BCUT2D eigenvalue weighted by atomic mass is 10.5. The Morgan fingerprint density at radius 1 is 1.62 bits per heavy atom. The summed E-state index contributed by atoms with van der Waals surface area (Å²) < 4.78 is 10.7. The Bertz CT molecular complexity index is 61.4. The average molecular weight is 132 g/mol. The molecule has 1 aliphatic heterocycles. The zero-order chi connectivity index (χ0) is 5.82. The van der Waals surface area contributed by atoms with Gasteiger partial charge in [-0.3, -0.25) is 0 Å². The summed E-state index contributed by atoms with van der Waals surface area (Å²) in [5, 5.41) is 3.13. The van der Waals surface area contributed by atoms with E-state index in [1.54, 1.807) is 0 Å². The second-order valence-electron chi connectivity index (χ2n) is 1.80. The topological polar surface area (TPSA) is 35.1 Å². The Balaban J connectivity index is 2.17. The molecule has 2 nitrogen and oxygen atoms in total. The van der Waals surface area contributed by atoms with E-state index >= 15 is 0 Å². The molecule has 1 aliphatic rings. The smallest absolute Gasteiger partial charge is 0.118 e. The Morgan fingerprint density at radius 3 is 3.38 bits per heavy atom. The lowest BCUT2D eigenvalue weighted by molar-refractivity contribution is 0.597. The standard InChI is InChI=1S/C5H10NOS/c7-8-4-1-2-6-3-5-8/h1,6H,2-5H2. The van der Waals surface area contributed by atoms with Crippen molar-refractivity contribution < 1.29 is 4.55 Å². The Morgan fingerprint density at radius 2 is 2.50 bits per heavy atom. The van der Waals surface area contributed by atoms with Crippen LogP contribution in [0, 0.1) is 6.42 Å². The first-order chi connectivity index (χ1) is 3.89. The molecule has 3 heteroatoms. The average Bonchev–Trinajstić information content (AvgIpc) is 1.94. The van der Waals surface area contributed by atoms with Crippen LogP contribution in [0.3, 0.4) is 0 Å². The van der Waals surface area contributed by atoms with Gasteiger partial charge >= 0.3 is 0 Å². The van der Waals surface area contributed by atoms with E-state index < -0.39 is 11.2 Å². The maximum atomic E-state index is 10.7. The van der Waals surface area contributed by atoms with Crippen LogP contribution in [0.2, 0.25) is 0 Å². The molecule has 0 spiro atoms. The van der Waals surface area contributed by atoms with Crippen LogP contribution >= 0.6 is 0 Å². The molecule has 1 fully saturated rings. The molecule has 0 aromatic rings. The summed E-state index contributed by atoms with van der Waals surface area (Å²) in [7, 11) is 0. The predicted octanol–water partition coefficient (Wildman–Crippen LogP) is -0.457. The fourth-order valence-corrected chi connectivity index (χ4v) is 1.58. The third kappa shape index (κ3) is 2.03. The zero-order valence-electron chi connectivity index (χ0n) is 4.72. The van der Waals surface area contributed by atoms with E-state index in [0.717, 1.165) is 24.6 Å². The van der Waals surface area contributed by atoms with Gasteiger partial charge in [0.25, 0.3) is 0 Å². The summed E-state index contributed by atoms with van der Waals surface area (Å²) >= 11 is -0.576. The molecular formula is C5H10NOS. The summed E-state index contributed by atoms with van der Waals surface area (Å²) in [5.41, 5.74) is 0. The third-order valence-corrected chi connectivity index (χ3v) is 2.37. The van der Waals surface area contributed by atoms with E-state index in [2.05, 4.69) is 5.32 Å². The van der Waals surface area contributed by atoms with Crippen molar-refractivity contribution in [3.63, 3.8) is 0 Å². The fourth-order valence-electron chi connectivity index (χ4n) is 0.664. The molecule has 1 atom stereocenters. The summed E-state index contributed by atoms with van der Waals surface area (Å²) in [4.78, 5) is 0. The molecular weight excluding hydrogens is 122 g/mol. The van der Waals surface area contributed by atoms with Crippen molar-refractivity contribution in [2.24, 2.45) is 0 Å². The van der Waals surface area contributed by atoms with E-state index in [0.29, 0.717) is 0 Å². The van der Waals surface area contributed by atoms with Crippen molar-refractivity contribution in [1.29, 1.82) is 0 Å². The van der Waals surface area contributed by atoms with E-state index in [4.69, 9.17) is 0 Å². The predicted molar refractivity (Wildman–Crippen MR) is 35.0 cm³/mol. The number of hydrogen-bond acceptors (Lipinski definition) is 2. The molecule has 1 rings (SSSR count). The van der Waals surface area contributed by atoms with Crippen LogP contribution in [-0.2, 0) is 11.2 Å². The minimum absolute atomic E-state index is 0.576. The molecule has 1 unspecified atom stereocenters. The molecule has 1 saturated heterocycles. The summed E-state index contributed by atoms with van der Waals surface area (Å²) in [5.74, 6) is 1.59. The van der Waals surface area contributed by atoms with E-state index in [1.165, 1.54) is 0 Å². The monoisotopic (exact) mass is 132 g/mol. The highest BCUT2D eigenvalue weighted by Gasteiger charge is 2.08. The van der Waals surface area contributed by atoms with Crippen molar-refractivity contribution in [1.82, 2.24) is 5.32 Å². The first kappa shape index (κ1) is 6.39. The van der Waals surface area contributed by atoms with Gasteiger partial charge < -0.3 is 9.87 Å². The first-order valence-electron chi connectivity index (χ1n) is 2.77. The van der Waals surface area contributed by atoms with Gasteiger partial charge in [0.15, 0.2) is 0 Å². The van der Waals surface area contributed by atoms with Gasteiger partial charge in [-0.05, 0) is 0 Å². The minimum atomic E-state index is -0.576. The van der Waals surface area contributed by atoms with Gasteiger partial charge in [0.1, 0.15) is 11.5 Å². The van der Waals surface area contributed by atoms with Crippen LogP contribution in [0.5, 0.6) is 0 Å². The van der Waals surface area contributed by atoms with Gasteiger partial charge in [0.05, 0.1) is 0 Å². The number of rotatable bonds is 0. The van der Waals surface area contributed by atoms with Crippen molar-refractivity contribution in [3.8, 4) is 0 Å². The molecule has 0 saturated carbocycles. The van der Waals surface area contributed by atoms with Gasteiger partial charge in [0, 0.05) is 19.5 Å². The minimum Gasteiger partial charge on any atom is -0.616 e. The first-order valence-corrected chi connectivity index (χ1v) is 4.26. The summed E-state index contributed by atoms with van der Waals surface area (Å²) in [6.07, 6.45) is 2.03. The number of hydrogen-bond donors (Lipinski definition) is 1. The lowest BCUT2D eigenvalue weighted by Crippen LogP contribution is -2.18. The summed E-state index contributed by atoms with van der Waals surface area (Å²) in [6.45, 7) is 1.83.